The Morgan fingerprint density at radius 3 is 2.21 bits per heavy atom. The van der Waals surface area contributed by atoms with Gasteiger partial charge in [0, 0.05) is 6.04 Å². The van der Waals surface area contributed by atoms with Crippen molar-refractivity contribution in [3.63, 3.8) is 0 Å². The molecule has 0 aliphatic carbocycles. The number of hydrogen-bond donors (Lipinski definition) is 1. The first-order chi connectivity index (χ1) is 6.23. The summed E-state index contributed by atoms with van der Waals surface area (Å²) in [7, 11) is 0. The number of carbonyl (C=O) groups is 1. The molecule has 0 radical (unpaired) electrons. The monoisotopic (exact) mass is 211 g/mol. The van der Waals surface area contributed by atoms with Crippen molar-refractivity contribution in [2.75, 3.05) is 6.54 Å². The van der Waals surface area contributed by atoms with Crippen LogP contribution < -0.4 is 5.32 Å². The quantitative estimate of drug-likeness (QED) is 0.698. The zero-order valence-corrected chi connectivity index (χ0v) is 7.94. The number of esters is 1. The van der Waals surface area contributed by atoms with Gasteiger partial charge in [-0.2, -0.15) is 13.2 Å². The van der Waals surface area contributed by atoms with Crippen LogP contribution in [0.2, 0.25) is 0 Å². The zero-order chi connectivity index (χ0) is 11.0. The molecule has 3 nitrogen and oxygen atoms in total. The molecule has 0 saturated carbocycles. The van der Waals surface area contributed by atoms with Gasteiger partial charge in [0.15, 0.2) is 0 Å². The van der Waals surface area contributed by atoms with E-state index in [-0.39, 0.29) is 6.04 Å². The standard InChI is InChI=1S/C8H12F3NO2/c1-7(2,5-3-4-12-5)14-6(13)8(9,10)11/h5,12H,3-4H2,1-2H3. The zero-order valence-electron chi connectivity index (χ0n) is 7.94. The van der Waals surface area contributed by atoms with Crippen LogP contribution in [0.25, 0.3) is 0 Å². The second kappa shape index (κ2) is 3.42. The van der Waals surface area contributed by atoms with Crippen LogP contribution in [0.15, 0.2) is 0 Å². The van der Waals surface area contributed by atoms with E-state index in [4.69, 9.17) is 0 Å². The summed E-state index contributed by atoms with van der Waals surface area (Å²) in [6, 6.07) is -0.186. The molecule has 0 aromatic heterocycles. The Morgan fingerprint density at radius 1 is 1.43 bits per heavy atom. The van der Waals surface area contributed by atoms with Crippen molar-refractivity contribution in [1.29, 1.82) is 0 Å². The number of hydrogen-bond acceptors (Lipinski definition) is 3. The highest BCUT2D eigenvalue weighted by molar-refractivity contribution is 5.76. The van der Waals surface area contributed by atoms with Crippen LogP contribution in [0.4, 0.5) is 13.2 Å². The lowest BCUT2D eigenvalue weighted by Crippen LogP contribution is -2.58. The van der Waals surface area contributed by atoms with E-state index in [0.29, 0.717) is 0 Å². The summed E-state index contributed by atoms with van der Waals surface area (Å²) in [5, 5.41) is 2.90. The van der Waals surface area contributed by atoms with Crippen LogP contribution in [-0.2, 0) is 9.53 Å². The highest BCUT2D eigenvalue weighted by atomic mass is 19.4. The molecule has 82 valence electrons. The highest BCUT2D eigenvalue weighted by Gasteiger charge is 2.46. The van der Waals surface area contributed by atoms with Crippen LogP contribution in [-0.4, -0.2) is 30.3 Å². The summed E-state index contributed by atoms with van der Waals surface area (Å²) in [5.74, 6) is -2.13. The SMILES string of the molecule is CC(C)(OC(=O)C(F)(F)F)C1CCN1. The van der Waals surface area contributed by atoms with E-state index in [1.807, 2.05) is 0 Å². The van der Waals surface area contributed by atoms with Crippen molar-refractivity contribution in [3.8, 4) is 0 Å². The molecule has 6 heteroatoms. The Hall–Kier alpha value is -0.780. The molecule has 1 rings (SSSR count). The van der Waals surface area contributed by atoms with E-state index in [9.17, 15) is 18.0 Å². The third-order valence-electron chi connectivity index (χ3n) is 2.25. The van der Waals surface area contributed by atoms with Gasteiger partial charge in [-0.3, -0.25) is 0 Å². The number of ether oxygens (including phenoxy) is 1. The minimum atomic E-state index is -4.92. The summed E-state index contributed by atoms with van der Waals surface area (Å²) in [6.45, 7) is 3.68. The molecule has 0 aromatic rings. The number of halogens is 3. The predicted octanol–water partition coefficient (Wildman–Crippen LogP) is 1.23. The Labute approximate surface area is 79.6 Å². The molecule has 1 saturated heterocycles. The molecular weight excluding hydrogens is 199 g/mol. The van der Waals surface area contributed by atoms with Gasteiger partial charge < -0.3 is 10.1 Å². The molecule has 1 aliphatic heterocycles. The third kappa shape index (κ3) is 2.37. The molecule has 14 heavy (non-hydrogen) atoms. The van der Waals surface area contributed by atoms with Gasteiger partial charge in [-0.1, -0.05) is 0 Å². The van der Waals surface area contributed by atoms with Crippen molar-refractivity contribution in [2.24, 2.45) is 0 Å². The average molecular weight is 211 g/mol. The summed E-state index contributed by atoms with van der Waals surface area (Å²) in [4.78, 5) is 10.5. The van der Waals surface area contributed by atoms with E-state index in [1.165, 1.54) is 13.8 Å². The first kappa shape index (κ1) is 11.3. The lowest BCUT2D eigenvalue weighted by molar-refractivity contribution is -0.215. The summed E-state index contributed by atoms with van der Waals surface area (Å²) < 4.78 is 40.0. The van der Waals surface area contributed by atoms with E-state index < -0.39 is 17.7 Å². The van der Waals surface area contributed by atoms with Gasteiger partial charge in [0.1, 0.15) is 5.60 Å². The molecule has 1 unspecified atom stereocenters. The van der Waals surface area contributed by atoms with Crippen LogP contribution in [0, 0.1) is 0 Å². The Balaban J connectivity index is 2.54. The molecule has 1 aliphatic rings. The van der Waals surface area contributed by atoms with Gasteiger partial charge in [-0.05, 0) is 26.8 Å². The van der Waals surface area contributed by atoms with Gasteiger partial charge in [-0.25, -0.2) is 4.79 Å². The molecule has 0 bridgehead atoms. The number of alkyl halides is 3. The summed E-state index contributed by atoms with van der Waals surface area (Å²) >= 11 is 0. The molecule has 1 atom stereocenters. The number of rotatable bonds is 2. The normalized spacial score (nSPS) is 22.8. The van der Waals surface area contributed by atoms with Gasteiger partial charge in [0.05, 0.1) is 0 Å². The van der Waals surface area contributed by atoms with Gasteiger partial charge in [-0.15, -0.1) is 0 Å². The molecule has 1 fully saturated rings. The fourth-order valence-electron chi connectivity index (χ4n) is 1.25. The maximum Gasteiger partial charge on any atom is 0.490 e. The van der Waals surface area contributed by atoms with Crippen LogP contribution in [0.3, 0.4) is 0 Å². The van der Waals surface area contributed by atoms with Gasteiger partial charge in [0.25, 0.3) is 0 Å². The summed E-state index contributed by atoms with van der Waals surface area (Å²) in [5.41, 5.74) is -1.11. The third-order valence-corrected chi connectivity index (χ3v) is 2.25. The van der Waals surface area contributed by atoms with Gasteiger partial charge in [0.2, 0.25) is 0 Å². The number of nitrogens with one attached hydrogen (secondary N) is 1. The number of carbonyl (C=O) groups excluding carboxylic acids is 1. The minimum absolute atomic E-state index is 0.186. The van der Waals surface area contributed by atoms with E-state index in [0.717, 1.165) is 13.0 Å². The maximum atomic E-state index is 11.9. The Morgan fingerprint density at radius 2 is 1.93 bits per heavy atom. The Kier molecular flexibility index (Phi) is 2.76. The van der Waals surface area contributed by atoms with Crippen molar-refractivity contribution in [2.45, 2.75) is 38.1 Å². The fourth-order valence-corrected chi connectivity index (χ4v) is 1.25. The molecular formula is C8H12F3NO2. The van der Waals surface area contributed by atoms with E-state index in [2.05, 4.69) is 10.1 Å². The van der Waals surface area contributed by atoms with Crippen molar-refractivity contribution in [3.05, 3.63) is 0 Å². The predicted molar refractivity (Wildman–Crippen MR) is 42.6 cm³/mol. The second-order valence-corrected chi connectivity index (χ2v) is 3.79. The molecule has 0 aromatic carbocycles. The first-order valence-corrected chi connectivity index (χ1v) is 4.27. The van der Waals surface area contributed by atoms with E-state index in [1.54, 1.807) is 0 Å². The molecule has 1 N–H and O–H groups in total. The lowest BCUT2D eigenvalue weighted by atomic mass is 9.90. The van der Waals surface area contributed by atoms with Crippen molar-refractivity contribution >= 4 is 5.97 Å². The average Bonchev–Trinajstić information content (AvgIpc) is 1.76. The van der Waals surface area contributed by atoms with E-state index >= 15 is 0 Å². The topological polar surface area (TPSA) is 38.3 Å². The smallest absolute Gasteiger partial charge is 0.451 e. The van der Waals surface area contributed by atoms with Crippen LogP contribution >= 0.6 is 0 Å². The van der Waals surface area contributed by atoms with Crippen molar-refractivity contribution in [1.82, 2.24) is 5.32 Å². The van der Waals surface area contributed by atoms with Crippen molar-refractivity contribution < 1.29 is 22.7 Å². The second-order valence-electron chi connectivity index (χ2n) is 3.79. The van der Waals surface area contributed by atoms with Gasteiger partial charge >= 0.3 is 12.1 Å². The maximum absolute atomic E-state index is 11.9. The fraction of sp³-hybridized carbons (Fsp3) is 0.875. The van der Waals surface area contributed by atoms with Crippen LogP contribution in [0.1, 0.15) is 20.3 Å². The molecule has 1 heterocycles. The molecule has 0 amide bonds. The minimum Gasteiger partial charge on any atom is -0.451 e. The molecule has 0 spiro atoms. The summed E-state index contributed by atoms with van der Waals surface area (Å²) in [6.07, 6.45) is -4.20. The highest BCUT2D eigenvalue weighted by Crippen LogP contribution is 2.26. The van der Waals surface area contributed by atoms with Crippen LogP contribution in [0.5, 0.6) is 0 Å². The Bertz CT molecular complexity index is 233. The first-order valence-electron chi connectivity index (χ1n) is 4.27. The lowest BCUT2D eigenvalue weighted by Gasteiger charge is -2.40. The largest absolute Gasteiger partial charge is 0.490 e.